The molecule has 0 radical (unpaired) electrons. The molecule has 1 atom stereocenters. The van der Waals surface area contributed by atoms with Gasteiger partial charge in [-0.1, -0.05) is 19.8 Å². The van der Waals surface area contributed by atoms with Crippen molar-refractivity contribution in [2.45, 2.75) is 64.0 Å². The third-order valence-corrected chi connectivity index (χ3v) is 4.35. The molecule has 0 amide bonds. The summed E-state index contributed by atoms with van der Waals surface area (Å²) in [5.74, 6) is 0. The monoisotopic (exact) mass is 276 g/mol. The number of nitrogens with zero attached hydrogens (tertiary/aromatic N) is 1. The molecule has 2 rings (SSSR count). The predicted octanol–water partition coefficient (Wildman–Crippen LogP) is 3.34. The highest BCUT2D eigenvalue weighted by molar-refractivity contribution is 5.14. The molecular weight excluding hydrogens is 248 g/mol. The Bertz CT molecular complexity index is 374. The van der Waals surface area contributed by atoms with Crippen LogP contribution >= 0.6 is 0 Å². The molecule has 1 aliphatic carbocycles. The van der Waals surface area contributed by atoms with E-state index < -0.39 is 0 Å². The quantitative estimate of drug-likeness (QED) is 0.790. The SMILES string of the molecule is CCCNC(Cc1ccncc1)C1(OCC)CCCC1. The van der Waals surface area contributed by atoms with Gasteiger partial charge in [0.05, 0.1) is 5.60 Å². The maximum Gasteiger partial charge on any atom is 0.0837 e. The topological polar surface area (TPSA) is 34.2 Å². The van der Waals surface area contributed by atoms with Crippen LogP contribution < -0.4 is 5.32 Å². The first-order valence-electron chi connectivity index (χ1n) is 8.07. The van der Waals surface area contributed by atoms with Crippen molar-refractivity contribution in [1.29, 1.82) is 0 Å². The van der Waals surface area contributed by atoms with Crippen molar-refractivity contribution in [3.8, 4) is 0 Å². The van der Waals surface area contributed by atoms with Gasteiger partial charge in [0.1, 0.15) is 0 Å². The van der Waals surface area contributed by atoms with E-state index in [2.05, 4.69) is 36.3 Å². The highest BCUT2D eigenvalue weighted by Gasteiger charge is 2.41. The largest absolute Gasteiger partial charge is 0.374 e. The molecule has 1 heterocycles. The van der Waals surface area contributed by atoms with E-state index >= 15 is 0 Å². The Hall–Kier alpha value is -0.930. The van der Waals surface area contributed by atoms with Crippen molar-refractivity contribution >= 4 is 0 Å². The Kier molecular flexibility index (Phi) is 5.99. The molecule has 0 aliphatic heterocycles. The molecule has 1 aromatic rings. The van der Waals surface area contributed by atoms with Crippen molar-refractivity contribution in [1.82, 2.24) is 10.3 Å². The smallest absolute Gasteiger partial charge is 0.0837 e. The molecule has 1 aromatic heterocycles. The highest BCUT2D eigenvalue weighted by Crippen LogP contribution is 2.37. The molecule has 20 heavy (non-hydrogen) atoms. The Morgan fingerprint density at radius 2 is 1.95 bits per heavy atom. The summed E-state index contributed by atoms with van der Waals surface area (Å²) in [4.78, 5) is 4.11. The second kappa shape index (κ2) is 7.75. The summed E-state index contributed by atoms with van der Waals surface area (Å²) in [6, 6.07) is 4.65. The molecule has 1 saturated carbocycles. The first kappa shape index (κ1) is 15.5. The lowest BCUT2D eigenvalue weighted by atomic mass is 9.87. The molecule has 3 heteroatoms. The number of rotatable bonds is 8. The third-order valence-electron chi connectivity index (χ3n) is 4.35. The number of hydrogen-bond acceptors (Lipinski definition) is 3. The van der Waals surface area contributed by atoms with Gasteiger partial charge >= 0.3 is 0 Å². The van der Waals surface area contributed by atoms with E-state index in [0.717, 1.165) is 26.0 Å². The second-order valence-corrected chi connectivity index (χ2v) is 5.77. The van der Waals surface area contributed by atoms with Gasteiger partial charge in [-0.25, -0.2) is 0 Å². The minimum Gasteiger partial charge on any atom is -0.374 e. The summed E-state index contributed by atoms with van der Waals surface area (Å²) in [5, 5.41) is 3.74. The van der Waals surface area contributed by atoms with Crippen molar-refractivity contribution < 1.29 is 4.74 Å². The van der Waals surface area contributed by atoms with E-state index in [4.69, 9.17) is 4.74 Å². The van der Waals surface area contributed by atoms with Crippen LogP contribution in [0.15, 0.2) is 24.5 Å². The van der Waals surface area contributed by atoms with Crippen molar-refractivity contribution in [2.24, 2.45) is 0 Å². The Balaban J connectivity index is 2.12. The van der Waals surface area contributed by atoms with E-state index in [1.54, 1.807) is 0 Å². The molecule has 1 N–H and O–H groups in total. The second-order valence-electron chi connectivity index (χ2n) is 5.77. The summed E-state index contributed by atoms with van der Waals surface area (Å²) < 4.78 is 6.24. The van der Waals surface area contributed by atoms with Crippen LogP contribution in [0.3, 0.4) is 0 Å². The van der Waals surface area contributed by atoms with E-state index in [9.17, 15) is 0 Å². The third kappa shape index (κ3) is 3.80. The van der Waals surface area contributed by atoms with E-state index in [0.29, 0.717) is 6.04 Å². The first-order valence-corrected chi connectivity index (χ1v) is 8.07. The predicted molar refractivity (Wildman–Crippen MR) is 82.8 cm³/mol. The number of nitrogens with one attached hydrogen (secondary N) is 1. The van der Waals surface area contributed by atoms with Crippen LogP contribution in [0.25, 0.3) is 0 Å². The fraction of sp³-hybridized carbons (Fsp3) is 0.706. The fourth-order valence-electron chi connectivity index (χ4n) is 3.37. The van der Waals surface area contributed by atoms with Crippen molar-refractivity contribution in [3.05, 3.63) is 30.1 Å². The zero-order chi connectivity index (χ0) is 14.3. The van der Waals surface area contributed by atoms with Gasteiger partial charge in [-0.15, -0.1) is 0 Å². The van der Waals surface area contributed by atoms with Gasteiger partial charge < -0.3 is 10.1 Å². The Labute approximate surface area is 123 Å². The van der Waals surface area contributed by atoms with Crippen LogP contribution in [0.5, 0.6) is 0 Å². The lowest BCUT2D eigenvalue weighted by Gasteiger charge is -2.38. The lowest BCUT2D eigenvalue weighted by Crippen LogP contribution is -2.52. The van der Waals surface area contributed by atoms with Crippen molar-refractivity contribution in [3.63, 3.8) is 0 Å². The van der Waals surface area contributed by atoms with E-state index in [1.807, 2.05) is 12.4 Å². The molecule has 112 valence electrons. The Morgan fingerprint density at radius 1 is 1.25 bits per heavy atom. The number of hydrogen-bond donors (Lipinski definition) is 1. The van der Waals surface area contributed by atoms with E-state index in [-0.39, 0.29) is 5.60 Å². The van der Waals surface area contributed by atoms with Gasteiger partial charge in [-0.3, -0.25) is 4.98 Å². The highest BCUT2D eigenvalue weighted by atomic mass is 16.5. The van der Waals surface area contributed by atoms with E-state index in [1.165, 1.54) is 31.2 Å². The molecule has 0 aromatic carbocycles. The number of aromatic nitrogens is 1. The van der Waals surface area contributed by atoms with Gasteiger partial charge in [0.2, 0.25) is 0 Å². The molecule has 1 unspecified atom stereocenters. The minimum atomic E-state index is 0.0349. The lowest BCUT2D eigenvalue weighted by molar-refractivity contribution is -0.0612. The van der Waals surface area contributed by atoms with Gasteiger partial charge in [-0.05, 0) is 56.8 Å². The normalized spacial score (nSPS) is 19.1. The maximum absolute atomic E-state index is 6.24. The van der Waals surface area contributed by atoms with Crippen LogP contribution in [0, 0.1) is 0 Å². The summed E-state index contributed by atoms with van der Waals surface area (Å²) in [7, 11) is 0. The summed E-state index contributed by atoms with van der Waals surface area (Å²) in [6.45, 7) is 6.20. The molecule has 1 aliphatic rings. The summed E-state index contributed by atoms with van der Waals surface area (Å²) in [6.07, 6.45) is 10.9. The van der Waals surface area contributed by atoms with Gasteiger partial charge in [0, 0.05) is 25.0 Å². The van der Waals surface area contributed by atoms with Gasteiger partial charge in [0.25, 0.3) is 0 Å². The molecule has 0 bridgehead atoms. The van der Waals surface area contributed by atoms with Crippen LogP contribution in [0.4, 0.5) is 0 Å². The van der Waals surface area contributed by atoms with Gasteiger partial charge in [0.15, 0.2) is 0 Å². The molecule has 3 nitrogen and oxygen atoms in total. The zero-order valence-corrected chi connectivity index (χ0v) is 12.9. The van der Waals surface area contributed by atoms with Crippen LogP contribution in [-0.2, 0) is 11.2 Å². The maximum atomic E-state index is 6.24. The number of pyridine rings is 1. The summed E-state index contributed by atoms with van der Waals surface area (Å²) in [5.41, 5.74) is 1.38. The van der Waals surface area contributed by atoms with Crippen LogP contribution in [-0.4, -0.2) is 29.8 Å². The standard InChI is InChI=1S/C17H28N2O/c1-3-11-19-16(14-15-7-12-18-13-8-15)17(20-4-2)9-5-6-10-17/h7-8,12-13,16,19H,3-6,9-11,14H2,1-2H3. The molecular formula is C17H28N2O. The zero-order valence-electron chi connectivity index (χ0n) is 12.9. The summed E-state index contributed by atoms with van der Waals surface area (Å²) >= 11 is 0. The van der Waals surface area contributed by atoms with Crippen molar-refractivity contribution in [2.75, 3.05) is 13.2 Å². The fourth-order valence-corrected chi connectivity index (χ4v) is 3.37. The number of ether oxygens (including phenoxy) is 1. The molecule has 1 fully saturated rings. The Morgan fingerprint density at radius 3 is 2.55 bits per heavy atom. The van der Waals surface area contributed by atoms with Gasteiger partial charge in [-0.2, -0.15) is 0 Å². The first-order chi connectivity index (χ1) is 9.80. The van der Waals surface area contributed by atoms with Crippen LogP contribution in [0.1, 0.15) is 51.5 Å². The average molecular weight is 276 g/mol. The average Bonchev–Trinajstić information content (AvgIpc) is 2.94. The molecule has 0 spiro atoms. The van der Waals surface area contributed by atoms with Crippen LogP contribution in [0.2, 0.25) is 0 Å². The minimum absolute atomic E-state index is 0.0349. The molecule has 0 saturated heterocycles.